The van der Waals surface area contributed by atoms with E-state index in [9.17, 15) is 14.0 Å². The van der Waals surface area contributed by atoms with Crippen molar-refractivity contribution in [3.05, 3.63) is 58.2 Å². The predicted octanol–water partition coefficient (Wildman–Crippen LogP) is 5.01. The van der Waals surface area contributed by atoms with E-state index < -0.39 is 29.5 Å². The lowest BCUT2D eigenvalue weighted by Crippen LogP contribution is -2.43. The molecule has 198 valence electrons. The molecule has 2 N–H and O–H groups in total. The maximum Gasteiger partial charge on any atom is 0.247 e. The molecule has 0 bridgehead atoms. The number of halogens is 3. The monoisotopic (exact) mass is 558 g/mol. The van der Waals surface area contributed by atoms with Gasteiger partial charge in [0.2, 0.25) is 5.91 Å². The van der Waals surface area contributed by atoms with Crippen molar-refractivity contribution < 1.29 is 18.7 Å². The summed E-state index contributed by atoms with van der Waals surface area (Å²) in [6.07, 6.45) is 5.72. The zero-order valence-electron chi connectivity index (χ0n) is 20.7. The molecule has 3 aromatic rings. The Kier molecular flexibility index (Phi) is 8.19. The van der Waals surface area contributed by atoms with Crippen molar-refractivity contribution in [1.82, 2.24) is 19.7 Å². The summed E-state index contributed by atoms with van der Waals surface area (Å²) in [5.74, 6) is -2.33. The molecule has 2 aromatic heterocycles. The second kappa shape index (κ2) is 11.4. The smallest absolute Gasteiger partial charge is 0.247 e. The van der Waals surface area contributed by atoms with E-state index in [1.807, 2.05) is 10.9 Å². The molecule has 4 rings (SSSR count). The largest absolute Gasteiger partial charge is 0.482 e. The van der Waals surface area contributed by atoms with Crippen LogP contribution in [0.2, 0.25) is 10.0 Å². The minimum atomic E-state index is -1.26. The molecule has 1 aliphatic rings. The van der Waals surface area contributed by atoms with Crippen molar-refractivity contribution in [2.45, 2.75) is 38.8 Å². The fraction of sp³-hybridized carbons (Fsp3) is 0.346. The number of likely N-dealkylation sites (tertiary alicyclic amines) is 1. The van der Waals surface area contributed by atoms with Crippen LogP contribution in [-0.2, 0) is 9.59 Å². The van der Waals surface area contributed by atoms with E-state index >= 15 is 0 Å². The zero-order chi connectivity index (χ0) is 27.6. The molecule has 1 saturated heterocycles. The second-order valence-electron chi connectivity index (χ2n) is 9.06. The Labute approximate surface area is 228 Å². The first-order valence-electron chi connectivity index (χ1n) is 11.9. The van der Waals surface area contributed by atoms with Crippen LogP contribution in [0.5, 0.6) is 5.75 Å². The molecule has 0 aliphatic carbocycles. The Morgan fingerprint density at radius 2 is 1.95 bits per heavy atom. The quantitative estimate of drug-likeness (QED) is 0.319. The van der Waals surface area contributed by atoms with Gasteiger partial charge in [0, 0.05) is 47.2 Å². The number of nitrogens with zero attached hydrogens (tertiary/aromatic N) is 5. The Morgan fingerprint density at radius 3 is 2.61 bits per heavy atom. The highest BCUT2D eigenvalue weighted by Gasteiger charge is 2.31. The van der Waals surface area contributed by atoms with Crippen LogP contribution < -0.4 is 10.5 Å². The van der Waals surface area contributed by atoms with E-state index in [0.717, 1.165) is 5.56 Å². The van der Waals surface area contributed by atoms with Crippen molar-refractivity contribution in [1.29, 1.82) is 5.26 Å². The van der Waals surface area contributed by atoms with Crippen molar-refractivity contribution in [2.75, 3.05) is 18.8 Å². The Hall–Kier alpha value is -3.68. The summed E-state index contributed by atoms with van der Waals surface area (Å²) in [7, 11) is 0. The lowest BCUT2D eigenvalue weighted by molar-refractivity contribution is -0.139. The fourth-order valence-corrected chi connectivity index (χ4v) is 5.09. The van der Waals surface area contributed by atoms with Crippen LogP contribution in [0, 0.1) is 23.1 Å². The number of nitriles is 1. The lowest BCUT2D eigenvalue weighted by atomic mass is 10.0. The molecule has 0 saturated carbocycles. The number of rotatable bonds is 7. The van der Waals surface area contributed by atoms with Gasteiger partial charge in [0.05, 0.1) is 23.3 Å². The number of ether oxygens (including phenoxy) is 1. The van der Waals surface area contributed by atoms with Crippen molar-refractivity contribution in [3.8, 4) is 22.9 Å². The fourth-order valence-electron chi connectivity index (χ4n) is 4.41. The zero-order valence-corrected chi connectivity index (χ0v) is 22.2. The number of hydrogen-bond acceptors (Lipinski definition) is 7. The number of anilines is 1. The van der Waals surface area contributed by atoms with Gasteiger partial charge in [-0.15, -0.1) is 0 Å². The number of pyridine rings is 1. The molecule has 2 atom stereocenters. The van der Waals surface area contributed by atoms with E-state index in [-0.39, 0.29) is 27.7 Å². The van der Waals surface area contributed by atoms with Crippen LogP contribution >= 0.6 is 23.2 Å². The van der Waals surface area contributed by atoms with Crippen molar-refractivity contribution in [2.24, 2.45) is 5.92 Å². The number of ketones is 1. The van der Waals surface area contributed by atoms with Crippen LogP contribution in [-0.4, -0.2) is 44.4 Å². The summed E-state index contributed by atoms with van der Waals surface area (Å²) in [6.45, 7) is 3.78. The van der Waals surface area contributed by atoms with E-state index in [0.29, 0.717) is 37.1 Å². The molecule has 0 radical (unpaired) electrons. The predicted molar refractivity (Wildman–Crippen MR) is 140 cm³/mol. The number of nitrogen functional groups attached to an aromatic ring is 1. The summed E-state index contributed by atoms with van der Waals surface area (Å²) >= 11 is 12.3. The highest BCUT2D eigenvalue weighted by atomic mass is 35.5. The van der Waals surface area contributed by atoms with Crippen LogP contribution in [0.15, 0.2) is 36.8 Å². The van der Waals surface area contributed by atoms with Gasteiger partial charge in [0.15, 0.2) is 23.3 Å². The van der Waals surface area contributed by atoms with Crippen LogP contribution in [0.4, 0.5) is 10.2 Å². The number of amides is 1. The van der Waals surface area contributed by atoms with Gasteiger partial charge in [0.1, 0.15) is 11.9 Å². The third-order valence-electron chi connectivity index (χ3n) is 6.54. The van der Waals surface area contributed by atoms with Crippen LogP contribution in [0.25, 0.3) is 11.1 Å². The number of Topliss-reactive ketones (excluding diaryl/α,β-unsaturated/α-hetero) is 1. The molecule has 38 heavy (non-hydrogen) atoms. The van der Waals surface area contributed by atoms with Gasteiger partial charge in [-0.3, -0.25) is 14.3 Å². The number of benzene rings is 1. The SMILES string of the molecule is CC(=O)C(C#N)C(=O)N1CCC(n2cc(-c3cnc(N)c(OC(C)c4c(Cl)ccc(F)c4Cl)c3)cn2)CC1. The molecular weight excluding hydrogens is 534 g/mol. The van der Waals surface area contributed by atoms with E-state index in [1.165, 1.54) is 19.1 Å². The molecule has 1 aromatic carbocycles. The Balaban J connectivity index is 1.47. The highest BCUT2D eigenvalue weighted by molar-refractivity contribution is 6.36. The van der Waals surface area contributed by atoms with E-state index in [4.69, 9.17) is 38.9 Å². The van der Waals surface area contributed by atoms with Gasteiger partial charge in [0.25, 0.3) is 0 Å². The first kappa shape index (κ1) is 27.4. The first-order valence-corrected chi connectivity index (χ1v) is 12.6. The van der Waals surface area contributed by atoms with Crippen LogP contribution in [0.3, 0.4) is 0 Å². The third-order valence-corrected chi connectivity index (χ3v) is 7.25. The molecule has 2 unspecified atom stereocenters. The van der Waals surface area contributed by atoms with Gasteiger partial charge < -0.3 is 15.4 Å². The third kappa shape index (κ3) is 5.59. The first-order chi connectivity index (χ1) is 18.1. The molecule has 12 heteroatoms. The van der Waals surface area contributed by atoms with Gasteiger partial charge in [-0.05, 0) is 44.9 Å². The van der Waals surface area contributed by atoms with E-state index in [2.05, 4.69) is 10.1 Å². The number of nitrogens with two attached hydrogens (primary N) is 1. The highest BCUT2D eigenvalue weighted by Crippen LogP contribution is 2.37. The molecule has 1 amide bonds. The maximum atomic E-state index is 14.0. The molecular formula is C26H25Cl2FN6O3. The molecule has 1 fully saturated rings. The summed E-state index contributed by atoms with van der Waals surface area (Å²) in [5, 5.41) is 13.8. The second-order valence-corrected chi connectivity index (χ2v) is 9.85. The van der Waals surface area contributed by atoms with Gasteiger partial charge in [-0.2, -0.15) is 10.4 Å². The van der Waals surface area contributed by atoms with Crippen LogP contribution in [0.1, 0.15) is 44.4 Å². The summed E-state index contributed by atoms with van der Waals surface area (Å²) in [4.78, 5) is 29.8. The molecule has 3 heterocycles. The number of carbonyl (C=O) groups excluding carboxylic acids is 2. The standard InChI is InChI=1S/C26H25Cl2FN6O3/c1-14(36)19(10-30)26(37)34-7-5-18(6-8-34)35-13-17(12-33-35)16-9-22(25(31)32-11-16)38-15(2)23-20(27)3-4-21(29)24(23)28/h3-4,9,11-13,15,18-19H,5-8H2,1-2H3,(H2,31,32). The number of carbonyl (C=O) groups is 2. The number of hydrogen-bond donors (Lipinski definition) is 1. The van der Waals surface area contributed by atoms with Gasteiger partial charge >= 0.3 is 0 Å². The Bertz CT molecular complexity index is 1410. The average Bonchev–Trinajstić information content (AvgIpc) is 3.38. The van der Waals surface area contributed by atoms with Crippen molar-refractivity contribution >= 4 is 40.7 Å². The summed E-state index contributed by atoms with van der Waals surface area (Å²) in [6, 6.07) is 6.14. The Morgan fingerprint density at radius 1 is 1.24 bits per heavy atom. The van der Waals surface area contributed by atoms with Crippen molar-refractivity contribution in [3.63, 3.8) is 0 Å². The average molecular weight is 559 g/mol. The maximum absolute atomic E-state index is 14.0. The van der Waals surface area contributed by atoms with Gasteiger partial charge in [-0.1, -0.05) is 23.2 Å². The minimum absolute atomic E-state index is 0.0420. The summed E-state index contributed by atoms with van der Waals surface area (Å²) in [5.41, 5.74) is 7.82. The normalized spacial score (nSPS) is 15.5. The molecule has 9 nitrogen and oxygen atoms in total. The topological polar surface area (TPSA) is 127 Å². The number of piperidine rings is 1. The summed E-state index contributed by atoms with van der Waals surface area (Å²) < 4.78 is 21.8. The van der Waals surface area contributed by atoms with Gasteiger partial charge in [-0.25, -0.2) is 9.37 Å². The molecule has 0 spiro atoms. The lowest BCUT2D eigenvalue weighted by Gasteiger charge is -2.32. The minimum Gasteiger partial charge on any atom is -0.482 e. The number of aromatic nitrogens is 3. The van der Waals surface area contributed by atoms with E-state index in [1.54, 1.807) is 36.4 Å². The molecule has 1 aliphatic heterocycles.